The first-order valence-electron chi connectivity index (χ1n) is 9.39. The van der Waals surface area contributed by atoms with Crippen LogP contribution in [0.15, 0.2) is 48.5 Å². The number of carbonyl (C=O) groups is 3. The molecule has 3 amide bonds. The van der Waals surface area contributed by atoms with Gasteiger partial charge in [0, 0.05) is 26.2 Å². The molecule has 0 saturated carbocycles. The molecular formula is C22H27N3O4. The topological polar surface area (TPSA) is 87.7 Å². The van der Waals surface area contributed by atoms with Crippen LogP contribution in [0.25, 0.3) is 0 Å². The van der Waals surface area contributed by atoms with E-state index in [4.69, 9.17) is 4.74 Å². The number of likely N-dealkylation sites (N-methyl/N-ethyl adjacent to an activating group) is 1. The van der Waals surface area contributed by atoms with Crippen molar-refractivity contribution in [2.75, 3.05) is 32.6 Å². The molecule has 7 nitrogen and oxygen atoms in total. The van der Waals surface area contributed by atoms with Crippen LogP contribution < -0.4 is 15.4 Å². The predicted molar refractivity (Wildman–Crippen MR) is 112 cm³/mol. The highest BCUT2D eigenvalue weighted by molar-refractivity contribution is 6.09. The minimum atomic E-state index is -0.376. The van der Waals surface area contributed by atoms with Crippen LogP contribution in [0.4, 0.5) is 5.69 Å². The molecule has 0 saturated heterocycles. The summed E-state index contributed by atoms with van der Waals surface area (Å²) in [5.74, 6) is -0.0628. The molecule has 0 radical (unpaired) electrons. The Hall–Kier alpha value is -3.35. The van der Waals surface area contributed by atoms with E-state index in [-0.39, 0.29) is 24.3 Å². The lowest BCUT2D eigenvalue weighted by atomic mass is 10.1. The van der Waals surface area contributed by atoms with Crippen molar-refractivity contribution in [3.8, 4) is 5.75 Å². The van der Waals surface area contributed by atoms with E-state index in [1.165, 1.54) is 4.90 Å². The first-order valence-corrected chi connectivity index (χ1v) is 9.39. The summed E-state index contributed by atoms with van der Waals surface area (Å²) >= 11 is 0. The Morgan fingerprint density at radius 1 is 1.00 bits per heavy atom. The van der Waals surface area contributed by atoms with Crippen molar-refractivity contribution in [2.45, 2.75) is 13.8 Å². The van der Waals surface area contributed by atoms with Gasteiger partial charge in [0.25, 0.3) is 17.7 Å². The highest BCUT2D eigenvalue weighted by atomic mass is 16.5. The molecule has 0 aliphatic rings. The van der Waals surface area contributed by atoms with Gasteiger partial charge in [0.2, 0.25) is 0 Å². The number of anilines is 1. The maximum Gasteiger partial charge on any atom is 0.259 e. The quantitative estimate of drug-likeness (QED) is 0.717. The van der Waals surface area contributed by atoms with Gasteiger partial charge in [0.15, 0.2) is 6.61 Å². The van der Waals surface area contributed by atoms with Gasteiger partial charge in [-0.15, -0.1) is 0 Å². The average Bonchev–Trinajstić information content (AvgIpc) is 2.70. The molecule has 2 aromatic rings. The second-order valence-corrected chi connectivity index (χ2v) is 7.21. The van der Waals surface area contributed by atoms with E-state index >= 15 is 0 Å². The van der Waals surface area contributed by atoms with Gasteiger partial charge >= 0.3 is 0 Å². The lowest BCUT2D eigenvalue weighted by Gasteiger charge is -2.13. The monoisotopic (exact) mass is 397 g/mol. The predicted octanol–water partition coefficient (Wildman–Crippen LogP) is 2.79. The van der Waals surface area contributed by atoms with Crippen LogP contribution in [0.2, 0.25) is 0 Å². The Balaban J connectivity index is 2.10. The van der Waals surface area contributed by atoms with Crippen molar-refractivity contribution < 1.29 is 19.1 Å². The number of nitrogens with one attached hydrogen (secondary N) is 2. The Bertz CT molecular complexity index is 878. The van der Waals surface area contributed by atoms with Crippen LogP contribution in [0, 0.1) is 5.92 Å². The number of ether oxygens (including phenoxy) is 1. The van der Waals surface area contributed by atoms with E-state index < -0.39 is 0 Å². The molecule has 0 aliphatic heterocycles. The third-order valence-electron chi connectivity index (χ3n) is 4.05. The molecule has 0 atom stereocenters. The van der Waals surface area contributed by atoms with Gasteiger partial charge in [-0.3, -0.25) is 14.4 Å². The molecule has 154 valence electrons. The zero-order valence-electron chi connectivity index (χ0n) is 17.2. The fraction of sp³-hybridized carbons (Fsp3) is 0.318. The zero-order valence-corrected chi connectivity index (χ0v) is 17.2. The Kier molecular flexibility index (Phi) is 7.77. The summed E-state index contributed by atoms with van der Waals surface area (Å²) in [6.45, 7) is 4.45. The van der Waals surface area contributed by atoms with Gasteiger partial charge < -0.3 is 20.3 Å². The Labute approximate surface area is 171 Å². The maximum absolute atomic E-state index is 12.7. The van der Waals surface area contributed by atoms with Crippen molar-refractivity contribution >= 4 is 23.4 Å². The summed E-state index contributed by atoms with van der Waals surface area (Å²) in [5.41, 5.74) is 1.18. The van der Waals surface area contributed by atoms with Gasteiger partial charge in [0.05, 0.1) is 11.3 Å². The molecule has 2 aromatic carbocycles. The molecule has 2 rings (SSSR count). The van der Waals surface area contributed by atoms with Crippen LogP contribution in [-0.2, 0) is 4.79 Å². The van der Waals surface area contributed by atoms with Gasteiger partial charge in [-0.05, 0) is 36.2 Å². The molecule has 0 spiro atoms. The number of benzene rings is 2. The number of para-hydroxylation sites is 1. The number of carbonyl (C=O) groups excluding carboxylic acids is 3. The van der Waals surface area contributed by atoms with E-state index in [9.17, 15) is 14.4 Å². The summed E-state index contributed by atoms with van der Waals surface area (Å²) in [5, 5.41) is 5.63. The lowest BCUT2D eigenvalue weighted by Crippen LogP contribution is -2.28. The van der Waals surface area contributed by atoms with E-state index in [0.29, 0.717) is 35.0 Å². The molecule has 29 heavy (non-hydrogen) atoms. The molecule has 0 aliphatic carbocycles. The third-order valence-corrected chi connectivity index (χ3v) is 4.05. The Morgan fingerprint density at radius 2 is 1.72 bits per heavy atom. The average molecular weight is 397 g/mol. The standard InChI is InChI=1S/C22H27N3O4/c1-15(2)13-23-22(28)18-10-5-6-11-19(18)24-21(27)16-8-7-9-17(12-16)29-14-20(26)25(3)4/h5-12,15H,13-14H2,1-4H3,(H,23,28)(H,24,27). The van der Waals surface area contributed by atoms with Gasteiger partial charge in [-0.2, -0.15) is 0 Å². The lowest BCUT2D eigenvalue weighted by molar-refractivity contribution is -0.130. The largest absolute Gasteiger partial charge is 0.484 e. The second kappa shape index (κ2) is 10.3. The molecular weight excluding hydrogens is 370 g/mol. The number of hydrogen-bond donors (Lipinski definition) is 2. The highest BCUT2D eigenvalue weighted by Crippen LogP contribution is 2.18. The van der Waals surface area contributed by atoms with Crippen LogP contribution in [0.1, 0.15) is 34.6 Å². The summed E-state index contributed by atoms with van der Waals surface area (Å²) in [6.07, 6.45) is 0. The van der Waals surface area contributed by atoms with E-state index in [1.807, 2.05) is 13.8 Å². The van der Waals surface area contributed by atoms with Crippen LogP contribution >= 0.6 is 0 Å². The number of rotatable bonds is 8. The number of nitrogens with zero attached hydrogens (tertiary/aromatic N) is 1. The minimum Gasteiger partial charge on any atom is -0.484 e. The highest BCUT2D eigenvalue weighted by Gasteiger charge is 2.15. The summed E-state index contributed by atoms with van der Waals surface area (Å²) in [4.78, 5) is 38.2. The summed E-state index contributed by atoms with van der Waals surface area (Å²) in [6, 6.07) is 13.4. The van der Waals surface area contributed by atoms with Crippen LogP contribution in [0.5, 0.6) is 5.75 Å². The van der Waals surface area contributed by atoms with Crippen LogP contribution in [0.3, 0.4) is 0 Å². The normalized spacial score (nSPS) is 10.4. The first kappa shape index (κ1) is 21.9. The fourth-order valence-corrected chi connectivity index (χ4v) is 2.38. The third kappa shape index (κ3) is 6.64. The molecule has 0 bridgehead atoms. The SMILES string of the molecule is CC(C)CNC(=O)c1ccccc1NC(=O)c1cccc(OCC(=O)N(C)C)c1. The maximum atomic E-state index is 12.7. The van der Waals surface area contributed by atoms with E-state index in [2.05, 4.69) is 10.6 Å². The van der Waals surface area contributed by atoms with Gasteiger partial charge in [-0.1, -0.05) is 32.0 Å². The van der Waals surface area contributed by atoms with Crippen molar-refractivity contribution in [3.63, 3.8) is 0 Å². The number of hydrogen-bond acceptors (Lipinski definition) is 4. The molecule has 0 fully saturated rings. The smallest absolute Gasteiger partial charge is 0.259 e. The second-order valence-electron chi connectivity index (χ2n) is 7.21. The summed E-state index contributed by atoms with van der Waals surface area (Å²) < 4.78 is 5.45. The molecule has 7 heteroatoms. The van der Waals surface area contributed by atoms with Crippen molar-refractivity contribution in [1.82, 2.24) is 10.2 Å². The van der Waals surface area contributed by atoms with Crippen molar-refractivity contribution in [1.29, 1.82) is 0 Å². The van der Waals surface area contributed by atoms with Gasteiger partial charge in [0.1, 0.15) is 5.75 Å². The fourth-order valence-electron chi connectivity index (χ4n) is 2.38. The molecule has 0 aromatic heterocycles. The van der Waals surface area contributed by atoms with Crippen LogP contribution in [-0.4, -0.2) is 49.9 Å². The van der Waals surface area contributed by atoms with E-state index in [0.717, 1.165) is 0 Å². The minimum absolute atomic E-state index is 0.114. The van der Waals surface area contributed by atoms with Crippen molar-refractivity contribution in [2.24, 2.45) is 5.92 Å². The first-order chi connectivity index (χ1) is 13.8. The summed E-state index contributed by atoms with van der Waals surface area (Å²) in [7, 11) is 3.29. The van der Waals surface area contributed by atoms with Crippen molar-refractivity contribution in [3.05, 3.63) is 59.7 Å². The molecule has 0 heterocycles. The van der Waals surface area contributed by atoms with E-state index in [1.54, 1.807) is 62.6 Å². The van der Waals surface area contributed by atoms with Gasteiger partial charge in [-0.25, -0.2) is 0 Å². The number of amides is 3. The Morgan fingerprint density at radius 3 is 2.41 bits per heavy atom. The molecule has 0 unspecified atom stereocenters. The zero-order chi connectivity index (χ0) is 21.4. The molecule has 2 N–H and O–H groups in total.